The molecular formula is C12H17ClFNO. The summed E-state index contributed by atoms with van der Waals surface area (Å²) in [6.07, 6.45) is -0.576. The molecule has 4 heteroatoms. The molecule has 2 nitrogen and oxygen atoms in total. The van der Waals surface area contributed by atoms with Gasteiger partial charge < -0.3 is 10.8 Å². The zero-order valence-electron chi connectivity index (χ0n) is 9.45. The van der Waals surface area contributed by atoms with Gasteiger partial charge in [0.05, 0.1) is 6.10 Å². The number of hydrogen-bond donors (Lipinski definition) is 2. The smallest absolute Gasteiger partial charge is 0.124 e. The van der Waals surface area contributed by atoms with Crippen molar-refractivity contribution in [1.29, 1.82) is 0 Å². The van der Waals surface area contributed by atoms with Gasteiger partial charge in [-0.25, -0.2) is 4.39 Å². The van der Waals surface area contributed by atoms with Crippen LogP contribution in [-0.2, 0) is 0 Å². The SMILES string of the molecule is CC(C)C(O)C(CN)c1ccc(F)cc1Cl. The first-order chi connectivity index (χ1) is 7.47. The fourth-order valence-corrected chi connectivity index (χ4v) is 2.02. The van der Waals surface area contributed by atoms with Gasteiger partial charge in [0, 0.05) is 17.5 Å². The van der Waals surface area contributed by atoms with E-state index in [1.165, 1.54) is 12.1 Å². The second-order valence-corrected chi connectivity index (χ2v) is 4.65. The van der Waals surface area contributed by atoms with Gasteiger partial charge in [-0.1, -0.05) is 31.5 Å². The molecule has 1 aromatic rings. The first-order valence-corrected chi connectivity index (χ1v) is 5.68. The van der Waals surface area contributed by atoms with Crippen LogP contribution in [0.2, 0.25) is 5.02 Å². The molecule has 0 aromatic heterocycles. The zero-order valence-corrected chi connectivity index (χ0v) is 10.2. The van der Waals surface area contributed by atoms with E-state index in [1.54, 1.807) is 6.07 Å². The summed E-state index contributed by atoms with van der Waals surface area (Å²) < 4.78 is 12.9. The minimum atomic E-state index is -0.576. The molecule has 2 atom stereocenters. The van der Waals surface area contributed by atoms with Gasteiger partial charge in [0.1, 0.15) is 5.82 Å². The predicted molar refractivity (Wildman–Crippen MR) is 64.1 cm³/mol. The summed E-state index contributed by atoms with van der Waals surface area (Å²) in [5.41, 5.74) is 6.34. The summed E-state index contributed by atoms with van der Waals surface area (Å²) in [6.45, 7) is 4.10. The van der Waals surface area contributed by atoms with Gasteiger partial charge in [-0.05, 0) is 23.6 Å². The predicted octanol–water partition coefficient (Wildman–Crippen LogP) is 2.54. The largest absolute Gasteiger partial charge is 0.392 e. The van der Waals surface area contributed by atoms with Crippen molar-refractivity contribution in [3.8, 4) is 0 Å². The molecule has 1 rings (SSSR count). The average Bonchev–Trinajstić information content (AvgIpc) is 2.21. The normalized spacial score (nSPS) is 15.2. The first-order valence-electron chi connectivity index (χ1n) is 5.30. The van der Waals surface area contributed by atoms with E-state index in [-0.39, 0.29) is 24.2 Å². The molecule has 1 aromatic carbocycles. The van der Waals surface area contributed by atoms with Crippen LogP contribution in [0.3, 0.4) is 0 Å². The van der Waals surface area contributed by atoms with Crippen molar-refractivity contribution in [2.75, 3.05) is 6.54 Å². The third kappa shape index (κ3) is 2.94. The van der Waals surface area contributed by atoms with E-state index in [9.17, 15) is 9.50 Å². The standard InChI is InChI=1S/C12H17ClFNO/c1-7(2)12(16)10(6-15)9-4-3-8(14)5-11(9)13/h3-5,7,10,12,16H,6,15H2,1-2H3. The van der Waals surface area contributed by atoms with Crippen molar-refractivity contribution >= 4 is 11.6 Å². The van der Waals surface area contributed by atoms with Crippen molar-refractivity contribution in [2.24, 2.45) is 11.7 Å². The van der Waals surface area contributed by atoms with Crippen LogP contribution in [-0.4, -0.2) is 17.8 Å². The van der Waals surface area contributed by atoms with Gasteiger partial charge in [-0.15, -0.1) is 0 Å². The second kappa shape index (κ2) is 5.62. The van der Waals surface area contributed by atoms with E-state index >= 15 is 0 Å². The fourth-order valence-electron chi connectivity index (χ4n) is 1.72. The monoisotopic (exact) mass is 245 g/mol. The lowest BCUT2D eigenvalue weighted by molar-refractivity contribution is 0.0985. The summed E-state index contributed by atoms with van der Waals surface area (Å²) in [7, 11) is 0. The molecule has 0 saturated heterocycles. The maximum Gasteiger partial charge on any atom is 0.124 e. The van der Waals surface area contributed by atoms with Gasteiger partial charge in [0.15, 0.2) is 0 Å². The highest BCUT2D eigenvalue weighted by Gasteiger charge is 2.24. The first kappa shape index (κ1) is 13.4. The number of hydrogen-bond acceptors (Lipinski definition) is 2. The molecule has 0 bridgehead atoms. The highest BCUT2D eigenvalue weighted by atomic mass is 35.5. The molecule has 3 N–H and O–H groups in total. The molecule has 0 aliphatic heterocycles. The molecule has 0 saturated carbocycles. The Bertz CT molecular complexity index is 357. The highest BCUT2D eigenvalue weighted by Crippen LogP contribution is 2.29. The maximum absolute atomic E-state index is 12.9. The molecule has 90 valence electrons. The topological polar surface area (TPSA) is 46.2 Å². The van der Waals surface area contributed by atoms with Crippen LogP contribution in [0.5, 0.6) is 0 Å². The molecule has 0 fully saturated rings. The van der Waals surface area contributed by atoms with Gasteiger partial charge in [0.2, 0.25) is 0 Å². The lowest BCUT2D eigenvalue weighted by atomic mass is 9.87. The number of benzene rings is 1. The lowest BCUT2D eigenvalue weighted by Gasteiger charge is -2.25. The zero-order chi connectivity index (χ0) is 12.3. The number of nitrogens with two attached hydrogens (primary N) is 1. The van der Waals surface area contributed by atoms with Crippen molar-refractivity contribution in [3.63, 3.8) is 0 Å². The molecule has 2 unspecified atom stereocenters. The summed E-state index contributed by atoms with van der Waals surface area (Å²) in [5.74, 6) is -0.564. The number of aliphatic hydroxyl groups excluding tert-OH is 1. The maximum atomic E-state index is 12.9. The Balaban J connectivity index is 3.04. The van der Waals surface area contributed by atoms with Crippen LogP contribution in [0.1, 0.15) is 25.3 Å². The van der Waals surface area contributed by atoms with Gasteiger partial charge >= 0.3 is 0 Å². The van der Waals surface area contributed by atoms with Crippen molar-refractivity contribution in [1.82, 2.24) is 0 Å². The van der Waals surface area contributed by atoms with Crippen LogP contribution in [0, 0.1) is 11.7 Å². The van der Waals surface area contributed by atoms with E-state index in [2.05, 4.69) is 0 Å². The van der Waals surface area contributed by atoms with Crippen LogP contribution >= 0.6 is 11.6 Å². The quantitative estimate of drug-likeness (QED) is 0.856. The fraction of sp³-hybridized carbons (Fsp3) is 0.500. The van der Waals surface area contributed by atoms with Crippen molar-refractivity contribution in [2.45, 2.75) is 25.9 Å². The number of rotatable bonds is 4. The Kier molecular flexibility index (Phi) is 4.71. The third-order valence-electron chi connectivity index (χ3n) is 2.71. The average molecular weight is 246 g/mol. The van der Waals surface area contributed by atoms with E-state index in [0.29, 0.717) is 10.6 Å². The molecular weight excluding hydrogens is 229 g/mol. The molecule has 0 aliphatic rings. The van der Waals surface area contributed by atoms with E-state index in [1.807, 2.05) is 13.8 Å². The molecule has 16 heavy (non-hydrogen) atoms. The Morgan fingerprint density at radius 1 is 1.44 bits per heavy atom. The van der Waals surface area contributed by atoms with E-state index in [0.717, 1.165) is 0 Å². The van der Waals surface area contributed by atoms with Gasteiger partial charge in [-0.3, -0.25) is 0 Å². The van der Waals surface area contributed by atoms with E-state index < -0.39 is 6.10 Å². The lowest BCUT2D eigenvalue weighted by Crippen LogP contribution is -2.30. The minimum absolute atomic E-state index is 0.0784. The Morgan fingerprint density at radius 2 is 2.06 bits per heavy atom. The number of halogens is 2. The van der Waals surface area contributed by atoms with Crippen LogP contribution in [0.25, 0.3) is 0 Å². The van der Waals surface area contributed by atoms with Crippen LogP contribution in [0.15, 0.2) is 18.2 Å². The second-order valence-electron chi connectivity index (χ2n) is 4.24. The molecule has 0 heterocycles. The molecule has 0 amide bonds. The molecule has 0 radical (unpaired) electrons. The molecule has 0 spiro atoms. The van der Waals surface area contributed by atoms with Crippen molar-refractivity contribution < 1.29 is 9.50 Å². The third-order valence-corrected chi connectivity index (χ3v) is 3.04. The summed E-state index contributed by atoms with van der Waals surface area (Å²) >= 11 is 5.95. The van der Waals surface area contributed by atoms with Gasteiger partial charge in [0.25, 0.3) is 0 Å². The Hall–Kier alpha value is -0.640. The van der Waals surface area contributed by atoms with Gasteiger partial charge in [-0.2, -0.15) is 0 Å². The summed E-state index contributed by atoms with van der Waals surface area (Å²) in [5, 5.41) is 10.3. The van der Waals surface area contributed by atoms with Crippen LogP contribution < -0.4 is 5.73 Å². The highest BCUT2D eigenvalue weighted by molar-refractivity contribution is 6.31. The van der Waals surface area contributed by atoms with Crippen LogP contribution in [0.4, 0.5) is 4.39 Å². The van der Waals surface area contributed by atoms with E-state index in [4.69, 9.17) is 17.3 Å². The number of aliphatic hydroxyl groups is 1. The Morgan fingerprint density at radius 3 is 2.50 bits per heavy atom. The minimum Gasteiger partial charge on any atom is -0.392 e. The Labute approximate surface area is 100 Å². The van der Waals surface area contributed by atoms with Crippen molar-refractivity contribution in [3.05, 3.63) is 34.6 Å². The summed E-state index contributed by atoms with van der Waals surface area (Å²) in [6, 6.07) is 4.16. The summed E-state index contributed by atoms with van der Waals surface area (Å²) in [4.78, 5) is 0. The molecule has 0 aliphatic carbocycles.